The molecule has 0 bridgehead atoms. The minimum atomic E-state index is -3.58. The molecule has 2 rings (SSSR count). The van der Waals surface area contributed by atoms with Crippen molar-refractivity contribution in [2.24, 2.45) is 0 Å². The first kappa shape index (κ1) is 20.8. The monoisotopic (exact) mass is 383 g/mol. The molecule has 1 aromatic rings. The molecule has 1 aromatic carbocycles. The van der Waals surface area contributed by atoms with Gasteiger partial charge >= 0.3 is 0 Å². The molecule has 1 aliphatic rings. The van der Waals surface area contributed by atoms with Crippen LogP contribution >= 0.6 is 0 Å². The molecule has 7 nitrogen and oxygen atoms in total. The van der Waals surface area contributed by atoms with Crippen LogP contribution in [0.4, 0.5) is 5.69 Å². The van der Waals surface area contributed by atoms with Crippen LogP contribution in [0.15, 0.2) is 23.1 Å². The van der Waals surface area contributed by atoms with Gasteiger partial charge < -0.3 is 10.1 Å². The maximum absolute atomic E-state index is 12.8. The molecule has 0 spiro atoms. The van der Waals surface area contributed by atoms with Crippen molar-refractivity contribution in [2.75, 3.05) is 44.7 Å². The van der Waals surface area contributed by atoms with Crippen molar-refractivity contribution in [3.05, 3.63) is 23.8 Å². The Morgan fingerprint density at radius 1 is 1.27 bits per heavy atom. The van der Waals surface area contributed by atoms with Crippen LogP contribution in [0, 0.1) is 6.92 Å². The van der Waals surface area contributed by atoms with Gasteiger partial charge in [-0.05, 0) is 31.5 Å². The van der Waals surface area contributed by atoms with Crippen LogP contribution in [0.5, 0.6) is 0 Å². The van der Waals surface area contributed by atoms with Gasteiger partial charge in [0.2, 0.25) is 15.9 Å². The van der Waals surface area contributed by atoms with Crippen LogP contribution in [-0.2, 0) is 19.6 Å². The number of rotatable bonds is 7. The first-order chi connectivity index (χ1) is 12.3. The second kappa shape index (κ2) is 8.94. The zero-order valence-electron chi connectivity index (χ0n) is 16.0. The number of carbonyl (C=O) groups is 1. The number of anilines is 1. The maximum Gasteiger partial charge on any atom is 0.243 e. The molecule has 1 amide bonds. The fraction of sp³-hybridized carbons (Fsp3) is 0.611. The molecule has 1 N–H and O–H groups in total. The molecule has 1 atom stereocenters. The van der Waals surface area contributed by atoms with E-state index >= 15 is 0 Å². The summed E-state index contributed by atoms with van der Waals surface area (Å²) in [4.78, 5) is 14.8. The Morgan fingerprint density at radius 2 is 1.88 bits per heavy atom. The van der Waals surface area contributed by atoms with Crippen LogP contribution in [0.1, 0.15) is 26.3 Å². The summed E-state index contributed by atoms with van der Waals surface area (Å²) in [6.45, 7) is 10.7. The average Bonchev–Trinajstić information content (AvgIpc) is 2.64. The second-order valence-corrected chi connectivity index (χ2v) is 8.29. The van der Waals surface area contributed by atoms with Crippen molar-refractivity contribution in [1.82, 2.24) is 9.21 Å². The highest BCUT2D eigenvalue weighted by Crippen LogP contribution is 2.24. The fourth-order valence-corrected chi connectivity index (χ4v) is 4.74. The third kappa shape index (κ3) is 4.62. The second-order valence-electron chi connectivity index (χ2n) is 6.38. The average molecular weight is 384 g/mol. The number of nitrogens with zero attached hydrogens (tertiary/aromatic N) is 2. The molecular weight excluding hydrogens is 354 g/mol. The number of sulfonamides is 1. The zero-order chi connectivity index (χ0) is 19.3. The van der Waals surface area contributed by atoms with Crippen LogP contribution in [0.2, 0.25) is 0 Å². The van der Waals surface area contributed by atoms with Gasteiger partial charge in [-0.1, -0.05) is 19.9 Å². The molecule has 146 valence electrons. The SMILES string of the molecule is CCN(CC)S(=O)(=O)c1cc(NC(=O)C(C)N2CCOCC2)ccc1C. The van der Waals surface area contributed by atoms with E-state index in [0.717, 1.165) is 0 Å². The number of amides is 1. The Balaban J connectivity index is 2.19. The Hall–Kier alpha value is -1.48. The molecule has 1 aliphatic heterocycles. The number of morpholine rings is 1. The first-order valence-electron chi connectivity index (χ1n) is 9.04. The lowest BCUT2D eigenvalue weighted by molar-refractivity contribution is -0.122. The quantitative estimate of drug-likeness (QED) is 0.775. The standard InChI is InChI=1S/C18H29N3O4S/c1-5-21(6-2)26(23,24)17-13-16(8-7-14(17)3)19-18(22)15(4)20-9-11-25-12-10-20/h7-8,13,15H,5-6,9-12H2,1-4H3,(H,19,22). The molecule has 26 heavy (non-hydrogen) atoms. The van der Waals surface area contributed by atoms with E-state index in [-0.39, 0.29) is 16.8 Å². The third-order valence-electron chi connectivity index (χ3n) is 4.75. The Morgan fingerprint density at radius 3 is 2.46 bits per heavy atom. The molecule has 1 saturated heterocycles. The number of benzene rings is 1. The van der Waals surface area contributed by atoms with Crippen molar-refractivity contribution < 1.29 is 17.9 Å². The van der Waals surface area contributed by atoms with E-state index in [0.29, 0.717) is 50.6 Å². The van der Waals surface area contributed by atoms with Gasteiger partial charge in [0.05, 0.1) is 24.2 Å². The van der Waals surface area contributed by atoms with Gasteiger partial charge in [0.25, 0.3) is 0 Å². The van der Waals surface area contributed by atoms with Crippen LogP contribution in [0.3, 0.4) is 0 Å². The van der Waals surface area contributed by atoms with E-state index in [4.69, 9.17) is 4.74 Å². The Labute approximate surface area is 156 Å². The molecule has 8 heteroatoms. The van der Waals surface area contributed by atoms with Gasteiger partial charge in [0, 0.05) is 31.9 Å². The number of aryl methyl sites for hydroxylation is 1. The van der Waals surface area contributed by atoms with Crippen molar-refractivity contribution in [3.63, 3.8) is 0 Å². The molecule has 0 radical (unpaired) electrons. The summed E-state index contributed by atoms with van der Waals surface area (Å²) in [6, 6.07) is 4.71. The van der Waals surface area contributed by atoms with Crippen molar-refractivity contribution in [3.8, 4) is 0 Å². The number of carbonyl (C=O) groups excluding carboxylic acids is 1. The minimum Gasteiger partial charge on any atom is -0.379 e. The molecule has 1 heterocycles. The molecular formula is C18H29N3O4S. The van der Waals surface area contributed by atoms with E-state index in [1.165, 1.54) is 4.31 Å². The molecule has 0 saturated carbocycles. The van der Waals surface area contributed by atoms with E-state index < -0.39 is 10.0 Å². The summed E-state index contributed by atoms with van der Waals surface area (Å²) in [6.07, 6.45) is 0. The first-order valence-corrected chi connectivity index (χ1v) is 10.5. The predicted molar refractivity (Wildman–Crippen MR) is 102 cm³/mol. The fourth-order valence-electron chi connectivity index (χ4n) is 3.04. The lowest BCUT2D eigenvalue weighted by Gasteiger charge is -2.31. The van der Waals surface area contributed by atoms with Gasteiger partial charge in [-0.15, -0.1) is 0 Å². The Kier molecular flexibility index (Phi) is 7.16. The van der Waals surface area contributed by atoms with Crippen LogP contribution in [-0.4, -0.2) is 69.0 Å². The third-order valence-corrected chi connectivity index (χ3v) is 6.94. The lowest BCUT2D eigenvalue weighted by atomic mass is 10.2. The zero-order valence-corrected chi connectivity index (χ0v) is 16.8. The summed E-state index contributed by atoms with van der Waals surface area (Å²) in [5.41, 5.74) is 1.16. The highest BCUT2D eigenvalue weighted by Gasteiger charge is 2.26. The summed E-state index contributed by atoms with van der Waals surface area (Å²) in [5.74, 6) is -0.151. The normalized spacial score (nSPS) is 17.3. The summed E-state index contributed by atoms with van der Waals surface area (Å²) >= 11 is 0. The van der Waals surface area contributed by atoms with Gasteiger partial charge in [-0.3, -0.25) is 9.69 Å². The van der Waals surface area contributed by atoms with Crippen molar-refractivity contribution >= 4 is 21.6 Å². The largest absolute Gasteiger partial charge is 0.379 e. The highest BCUT2D eigenvalue weighted by atomic mass is 32.2. The van der Waals surface area contributed by atoms with Crippen molar-refractivity contribution in [1.29, 1.82) is 0 Å². The molecule has 1 unspecified atom stereocenters. The van der Waals surface area contributed by atoms with Gasteiger partial charge in [-0.25, -0.2) is 8.42 Å². The molecule has 1 fully saturated rings. The topological polar surface area (TPSA) is 79.0 Å². The Bertz CT molecular complexity index is 726. The predicted octanol–water partition coefficient (Wildman–Crippen LogP) is 1.68. The maximum atomic E-state index is 12.8. The summed E-state index contributed by atoms with van der Waals surface area (Å²) in [7, 11) is -3.58. The number of hydrogen-bond donors (Lipinski definition) is 1. The van der Waals surface area contributed by atoms with Crippen LogP contribution in [0.25, 0.3) is 0 Å². The summed E-state index contributed by atoms with van der Waals surface area (Å²) < 4.78 is 32.4. The number of hydrogen-bond acceptors (Lipinski definition) is 5. The van der Waals surface area contributed by atoms with Crippen molar-refractivity contribution in [2.45, 2.75) is 38.6 Å². The molecule has 0 aliphatic carbocycles. The van der Waals surface area contributed by atoms with Gasteiger partial charge in [0.1, 0.15) is 0 Å². The van der Waals surface area contributed by atoms with Gasteiger partial charge in [-0.2, -0.15) is 4.31 Å². The minimum absolute atomic E-state index is 0.151. The van der Waals surface area contributed by atoms with Gasteiger partial charge in [0.15, 0.2) is 0 Å². The van der Waals surface area contributed by atoms with E-state index in [1.54, 1.807) is 25.1 Å². The summed E-state index contributed by atoms with van der Waals surface area (Å²) in [5, 5.41) is 2.85. The molecule has 0 aromatic heterocycles. The number of ether oxygens (including phenoxy) is 1. The van der Waals surface area contributed by atoms with E-state index in [9.17, 15) is 13.2 Å². The lowest BCUT2D eigenvalue weighted by Crippen LogP contribution is -2.47. The van der Waals surface area contributed by atoms with E-state index in [1.807, 2.05) is 20.8 Å². The highest BCUT2D eigenvalue weighted by molar-refractivity contribution is 7.89. The van der Waals surface area contributed by atoms with Crippen LogP contribution < -0.4 is 5.32 Å². The van der Waals surface area contributed by atoms with E-state index in [2.05, 4.69) is 10.2 Å². The smallest absolute Gasteiger partial charge is 0.243 e. The number of nitrogens with one attached hydrogen (secondary N) is 1.